The first-order valence-corrected chi connectivity index (χ1v) is 8.30. The standard InChI is InChI=1S/C20H16N2O3/c21-19-22-20(11-24-19)15-9-13(4-3-12-1-2-12)5-7-17(15)25-18-8-6-14(23)10-16(18)20/h5-10,12,23H,1-2,11H2,(H2,21,22)/t20-/m0/s1. The van der Waals surface area contributed by atoms with Crippen LogP contribution in [0.2, 0.25) is 0 Å². The van der Waals surface area contributed by atoms with Crippen LogP contribution in [-0.2, 0) is 10.3 Å². The van der Waals surface area contributed by atoms with Gasteiger partial charge in [0.05, 0.1) is 0 Å². The average Bonchev–Trinajstić information content (AvgIpc) is 3.36. The molecule has 1 spiro atoms. The van der Waals surface area contributed by atoms with Crippen LogP contribution < -0.4 is 10.5 Å². The lowest BCUT2D eigenvalue weighted by molar-refractivity contribution is 0.264. The molecular weight excluding hydrogens is 316 g/mol. The Labute approximate surface area is 145 Å². The Kier molecular flexibility index (Phi) is 2.81. The van der Waals surface area contributed by atoms with Crippen molar-refractivity contribution in [2.45, 2.75) is 18.4 Å². The van der Waals surface area contributed by atoms with Crippen LogP contribution in [-0.4, -0.2) is 17.7 Å². The van der Waals surface area contributed by atoms with Crippen molar-refractivity contribution in [3.63, 3.8) is 0 Å². The van der Waals surface area contributed by atoms with Gasteiger partial charge in [-0.2, -0.15) is 0 Å². The number of nitrogens with zero attached hydrogens (tertiary/aromatic N) is 1. The van der Waals surface area contributed by atoms with E-state index in [0.717, 1.165) is 16.7 Å². The molecule has 2 aromatic carbocycles. The van der Waals surface area contributed by atoms with Crippen LogP contribution in [0, 0.1) is 17.8 Å². The number of aliphatic imine (C=N–C) groups is 1. The quantitative estimate of drug-likeness (QED) is 0.727. The van der Waals surface area contributed by atoms with Crippen molar-refractivity contribution in [1.29, 1.82) is 0 Å². The number of benzene rings is 2. The van der Waals surface area contributed by atoms with Gasteiger partial charge in [0, 0.05) is 22.6 Å². The largest absolute Gasteiger partial charge is 0.508 e. The van der Waals surface area contributed by atoms with E-state index in [1.54, 1.807) is 18.2 Å². The summed E-state index contributed by atoms with van der Waals surface area (Å²) in [7, 11) is 0. The zero-order valence-electron chi connectivity index (χ0n) is 13.5. The Hall–Kier alpha value is -3.13. The van der Waals surface area contributed by atoms with Crippen molar-refractivity contribution in [2.24, 2.45) is 16.6 Å². The summed E-state index contributed by atoms with van der Waals surface area (Å²) in [5.41, 5.74) is 7.53. The van der Waals surface area contributed by atoms with Gasteiger partial charge in [-0.05, 0) is 49.2 Å². The van der Waals surface area contributed by atoms with E-state index < -0.39 is 5.54 Å². The van der Waals surface area contributed by atoms with E-state index in [9.17, 15) is 5.11 Å². The van der Waals surface area contributed by atoms with Crippen LogP contribution in [0.3, 0.4) is 0 Å². The Balaban J connectivity index is 1.70. The van der Waals surface area contributed by atoms with Crippen molar-refractivity contribution in [2.75, 3.05) is 6.61 Å². The number of phenols is 1. The average molecular weight is 332 g/mol. The highest BCUT2D eigenvalue weighted by Crippen LogP contribution is 2.51. The van der Waals surface area contributed by atoms with E-state index in [2.05, 4.69) is 16.8 Å². The Morgan fingerprint density at radius 3 is 2.60 bits per heavy atom. The highest BCUT2D eigenvalue weighted by atomic mass is 16.5. The molecule has 3 aliphatic rings. The molecule has 2 aromatic rings. The van der Waals surface area contributed by atoms with Crippen LogP contribution in [0.15, 0.2) is 41.4 Å². The molecule has 1 saturated carbocycles. The maximum Gasteiger partial charge on any atom is 0.283 e. The molecule has 0 saturated heterocycles. The van der Waals surface area contributed by atoms with E-state index in [1.807, 2.05) is 18.2 Å². The first kappa shape index (κ1) is 14.2. The molecule has 2 heterocycles. The van der Waals surface area contributed by atoms with Gasteiger partial charge < -0.3 is 20.3 Å². The maximum absolute atomic E-state index is 9.95. The second-order valence-electron chi connectivity index (χ2n) is 6.64. The molecule has 0 radical (unpaired) electrons. The molecule has 1 aliphatic carbocycles. The van der Waals surface area contributed by atoms with Crippen LogP contribution >= 0.6 is 0 Å². The molecule has 5 rings (SSSR count). The molecular formula is C20H16N2O3. The second kappa shape index (κ2) is 4.93. The predicted octanol–water partition coefficient (Wildman–Crippen LogP) is 2.85. The van der Waals surface area contributed by atoms with Gasteiger partial charge in [-0.25, -0.2) is 4.99 Å². The Morgan fingerprint density at radius 2 is 1.88 bits per heavy atom. The molecule has 2 aliphatic heterocycles. The van der Waals surface area contributed by atoms with Crippen molar-refractivity contribution in [3.05, 3.63) is 53.1 Å². The van der Waals surface area contributed by atoms with Gasteiger partial charge in [-0.3, -0.25) is 0 Å². The van der Waals surface area contributed by atoms with Gasteiger partial charge in [-0.15, -0.1) is 0 Å². The molecule has 124 valence electrons. The molecule has 0 amide bonds. The van der Waals surface area contributed by atoms with E-state index in [0.29, 0.717) is 17.4 Å². The third-order valence-corrected chi connectivity index (χ3v) is 4.78. The topological polar surface area (TPSA) is 77.1 Å². The van der Waals surface area contributed by atoms with E-state index in [-0.39, 0.29) is 18.4 Å². The summed E-state index contributed by atoms with van der Waals surface area (Å²) in [6.07, 6.45) is 2.37. The number of ether oxygens (including phenoxy) is 2. The van der Waals surface area contributed by atoms with Crippen molar-refractivity contribution in [3.8, 4) is 29.1 Å². The fourth-order valence-corrected chi connectivity index (χ4v) is 3.33. The summed E-state index contributed by atoms with van der Waals surface area (Å²) >= 11 is 0. The molecule has 0 unspecified atom stereocenters. The normalized spacial score (nSPS) is 22.8. The molecule has 3 N–H and O–H groups in total. The smallest absolute Gasteiger partial charge is 0.283 e. The number of fused-ring (bicyclic) bond motifs is 4. The lowest BCUT2D eigenvalue weighted by Gasteiger charge is -2.33. The molecule has 5 heteroatoms. The summed E-state index contributed by atoms with van der Waals surface area (Å²) in [6.45, 7) is 0.269. The van der Waals surface area contributed by atoms with Gasteiger partial charge in [-0.1, -0.05) is 11.8 Å². The number of rotatable bonds is 0. The molecule has 1 atom stereocenters. The number of phenolic OH excluding ortho intramolecular Hbond substituents is 1. The van der Waals surface area contributed by atoms with E-state index in [1.165, 1.54) is 12.8 Å². The summed E-state index contributed by atoms with van der Waals surface area (Å²) in [4.78, 5) is 4.58. The minimum atomic E-state index is -0.816. The number of aromatic hydroxyl groups is 1. The van der Waals surface area contributed by atoms with Gasteiger partial charge in [0.1, 0.15) is 23.9 Å². The number of amidine groups is 1. The summed E-state index contributed by atoms with van der Waals surface area (Å²) in [5, 5.41) is 9.95. The first-order chi connectivity index (χ1) is 12.1. The Bertz CT molecular complexity index is 982. The SMILES string of the molecule is NC1=N[C@]2(CO1)c1cc(O)ccc1Oc1ccc(C#CC3CC3)cc12. The lowest BCUT2D eigenvalue weighted by Crippen LogP contribution is -2.31. The summed E-state index contributed by atoms with van der Waals surface area (Å²) in [6, 6.07) is 11.0. The first-order valence-electron chi connectivity index (χ1n) is 8.30. The zero-order chi connectivity index (χ0) is 17.0. The van der Waals surface area contributed by atoms with Crippen molar-refractivity contribution >= 4 is 6.02 Å². The summed E-state index contributed by atoms with van der Waals surface area (Å²) in [5.74, 6) is 8.53. The Morgan fingerprint density at radius 1 is 1.12 bits per heavy atom. The zero-order valence-corrected chi connectivity index (χ0v) is 13.5. The van der Waals surface area contributed by atoms with Crippen molar-refractivity contribution in [1.82, 2.24) is 0 Å². The fourth-order valence-electron chi connectivity index (χ4n) is 3.33. The minimum Gasteiger partial charge on any atom is -0.508 e. The number of hydrogen-bond donors (Lipinski definition) is 2. The summed E-state index contributed by atoms with van der Waals surface area (Å²) < 4.78 is 11.5. The van der Waals surface area contributed by atoms with Crippen LogP contribution in [0.1, 0.15) is 29.5 Å². The molecule has 5 nitrogen and oxygen atoms in total. The number of nitrogens with two attached hydrogens (primary N) is 1. The minimum absolute atomic E-state index is 0.136. The van der Waals surface area contributed by atoms with E-state index >= 15 is 0 Å². The van der Waals surface area contributed by atoms with Gasteiger partial charge >= 0.3 is 0 Å². The highest BCUT2D eigenvalue weighted by molar-refractivity contribution is 5.77. The molecule has 0 bridgehead atoms. The van der Waals surface area contributed by atoms with Crippen LogP contribution in [0.4, 0.5) is 0 Å². The van der Waals surface area contributed by atoms with Crippen molar-refractivity contribution < 1.29 is 14.6 Å². The fraction of sp³-hybridized carbons (Fsp3) is 0.250. The predicted molar refractivity (Wildman–Crippen MR) is 92.6 cm³/mol. The molecule has 0 aromatic heterocycles. The second-order valence-corrected chi connectivity index (χ2v) is 6.64. The van der Waals surface area contributed by atoms with Crippen LogP contribution in [0.5, 0.6) is 17.2 Å². The van der Waals surface area contributed by atoms with Crippen LogP contribution in [0.25, 0.3) is 0 Å². The number of hydrogen-bond acceptors (Lipinski definition) is 5. The third kappa shape index (κ3) is 2.22. The molecule has 1 fully saturated rings. The van der Waals surface area contributed by atoms with Gasteiger partial charge in [0.25, 0.3) is 6.02 Å². The van der Waals surface area contributed by atoms with E-state index in [4.69, 9.17) is 15.2 Å². The van der Waals surface area contributed by atoms with Gasteiger partial charge in [0.15, 0.2) is 5.54 Å². The van der Waals surface area contributed by atoms with Gasteiger partial charge in [0.2, 0.25) is 0 Å². The lowest BCUT2D eigenvalue weighted by atomic mass is 9.81. The highest BCUT2D eigenvalue weighted by Gasteiger charge is 2.47. The maximum atomic E-state index is 9.95. The monoisotopic (exact) mass is 332 g/mol. The molecule has 25 heavy (non-hydrogen) atoms. The third-order valence-electron chi connectivity index (χ3n) is 4.78.